The SMILES string of the molecule is CN(C)C[SiH2]Cl. The van der Waals surface area contributed by atoms with Gasteiger partial charge in [-0.3, -0.25) is 0 Å². The third-order valence-corrected chi connectivity index (χ3v) is 2.10. The molecule has 0 unspecified atom stereocenters. The predicted octanol–water partition coefficient (Wildman–Crippen LogP) is -0.172. The molecule has 0 N–H and O–H groups in total. The van der Waals surface area contributed by atoms with Crippen LogP contribution >= 0.6 is 11.1 Å². The monoisotopic (exact) mass is 123 g/mol. The van der Waals surface area contributed by atoms with Gasteiger partial charge >= 0.3 is 0 Å². The highest BCUT2D eigenvalue weighted by Gasteiger charge is 1.82. The first kappa shape index (κ1) is 6.47. The molecule has 0 aliphatic heterocycles. The van der Waals surface area contributed by atoms with Gasteiger partial charge in [0.1, 0.15) is 8.83 Å². The van der Waals surface area contributed by atoms with E-state index in [0.717, 1.165) is 6.17 Å². The first-order chi connectivity index (χ1) is 2.77. The Hall–Kier alpha value is 0.467. The maximum Gasteiger partial charge on any atom is 0.139 e. The van der Waals surface area contributed by atoms with Crippen LogP contribution in [0.2, 0.25) is 0 Å². The van der Waals surface area contributed by atoms with Crippen LogP contribution in [0.4, 0.5) is 0 Å². The molecule has 0 aromatic heterocycles. The molecular formula is C3H10ClNSi. The zero-order valence-corrected chi connectivity index (χ0v) is 6.41. The Balaban J connectivity index is 2.63. The molecule has 0 amide bonds. The highest BCUT2D eigenvalue weighted by Crippen LogP contribution is 1.71. The molecule has 0 aliphatic carbocycles. The minimum Gasteiger partial charge on any atom is -0.311 e. The highest BCUT2D eigenvalue weighted by molar-refractivity contribution is 6.93. The van der Waals surface area contributed by atoms with Crippen molar-refractivity contribution in [2.75, 3.05) is 20.3 Å². The minimum absolute atomic E-state index is 0.235. The molecule has 0 aromatic rings. The van der Waals surface area contributed by atoms with Crippen LogP contribution in [0.15, 0.2) is 0 Å². The van der Waals surface area contributed by atoms with E-state index in [9.17, 15) is 0 Å². The van der Waals surface area contributed by atoms with E-state index < -0.39 is 0 Å². The van der Waals surface area contributed by atoms with Gasteiger partial charge in [-0.1, -0.05) is 0 Å². The number of nitrogens with zero attached hydrogens (tertiary/aromatic N) is 1. The fourth-order valence-corrected chi connectivity index (χ4v) is 1.52. The van der Waals surface area contributed by atoms with Crippen molar-refractivity contribution in [1.82, 2.24) is 4.90 Å². The quantitative estimate of drug-likeness (QED) is 0.364. The average molecular weight is 124 g/mol. The molecule has 6 heavy (non-hydrogen) atoms. The summed E-state index contributed by atoms with van der Waals surface area (Å²) in [7, 11) is 3.84. The summed E-state index contributed by atoms with van der Waals surface area (Å²) in [6, 6.07) is 0. The van der Waals surface area contributed by atoms with Crippen molar-refractivity contribution in [3.05, 3.63) is 0 Å². The van der Waals surface area contributed by atoms with Crippen LogP contribution in [0.1, 0.15) is 0 Å². The Kier molecular flexibility index (Phi) is 3.93. The van der Waals surface area contributed by atoms with Gasteiger partial charge in [0.05, 0.1) is 0 Å². The Morgan fingerprint density at radius 3 is 2.17 bits per heavy atom. The van der Waals surface area contributed by atoms with Crippen molar-refractivity contribution >= 4 is 19.9 Å². The molecule has 0 aliphatic rings. The van der Waals surface area contributed by atoms with Crippen LogP contribution in [-0.4, -0.2) is 34.0 Å². The Morgan fingerprint density at radius 1 is 1.67 bits per heavy atom. The maximum atomic E-state index is 5.49. The summed E-state index contributed by atoms with van der Waals surface area (Å²) in [5.74, 6) is 0. The van der Waals surface area contributed by atoms with E-state index in [1.807, 2.05) is 14.1 Å². The van der Waals surface area contributed by atoms with Gasteiger partial charge in [0.2, 0.25) is 0 Å². The summed E-state index contributed by atoms with van der Waals surface area (Å²) in [4.78, 5) is 2.11. The summed E-state index contributed by atoms with van der Waals surface area (Å²) >= 11 is 5.49. The van der Waals surface area contributed by atoms with Crippen LogP contribution in [-0.2, 0) is 0 Å². The normalized spacial score (nSPS) is 12.0. The molecule has 0 spiro atoms. The molecule has 3 heteroatoms. The van der Waals surface area contributed by atoms with Crippen LogP contribution < -0.4 is 0 Å². The third kappa shape index (κ3) is 4.47. The Bertz CT molecular complexity index is 32.0. The van der Waals surface area contributed by atoms with Crippen molar-refractivity contribution < 1.29 is 0 Å². The van der Waals surface area contributed by atoms with E-state index >= 15 is 0 Å². The minimum atomic E-state index is -0.235. The fraction of sp³-hybridized carbons (Fsp3) is 1.00. The lowest BCUT2D eigenvalue weighted by Gasteiger charge is -2.02. The lowest BCUT2D eigenvalue weighted by atomic mass is 11.0. The topological polar surface area (TPSA) is 3.24 Å². The van der Waals surface area contributed by atoms with Gasteiger partial charge in [-0.05, 0) is 14.1 Å². The van der Waals surface area contributed by atoms with Gasteiger partial charge in [0, 0.05) is 6.17 Å². The molecule has 0 aromatic carbocycles. The fourth-order valence-electron chi connectivity index (χ4n) is 0.169. The van der Waals surface area contributed by atoms with Crippen LogP contribution in [0.5, 0.6) is 0 Å². The van der Waals surface area contributed by atoms with Crippen molar-refractivity contribution in [2.24, 2.45) is 0 Å². The summed E-state index contributed by atoms with van der Waals surface area (Å²) in [5, 5.41) is 0. The molecule has 0 radical (unpaired) electrons. The molecule has 0 atom stereocenters. The molecular weight excluding hydrogens is 114 g/mol. The third-order valence-electron chi connectivity index (χ3n) is 0.532. The second-order valence-electron chi connectivity index (χ2n) is 1.49. The van der Waals surface area contributed by atoms with E-state index in [-0.39, 0.29) is 8.83 Å². The van der Waals surface area contributed by atoms with Gasteiger partial charge in [-0.2, -0.15) is 11.1 Å². The molecule has 0 heterocycles. The van der Waals surface area contributed by atoms with Crippen LogP contribution in [0, 0.1) is 0 Å². The Labute approximate surface area is 45.8 Å². The molecule has 0 rings (SSSR count). The van der Waals surface area contributed by atoms with Gasteiger partial charge in [0.25, 0.3) is 0 Å². The molecule has 0 fully saturated rings. The largest absolute Gasteiger partial charge is 0.311 e. The lowest BCUT2D eigenvalue weighted by molar-refractivity contribution is 0.479. The van der Waals surface area contributed by atoms with Crippen LogP contribution in [0.25, 0.3) is 0 Å². The van der Waals surface area contributed by atoms with E-state index in [2.05, 4.69) is 4.90 Å². The molecule has 0 saturated carbocycles. The average Bonchev–Trinajstić information content (AvgIpc) is 1.35. The number of hydrogen-bond acceptors (Lipinski definition) is 1. The first-order valence-electron chi connectivity index (χ1n) is 1.98. The zero-order valence-electron chi connectivity index (χ0n) is 4.24. The smallest absolute Gasteiger partial charge is 0.139 e. The van der Waals surface area contributed by atoms with Crippen molar-refractivity contribution in [1.29, 1.82) is 0 Å². The molecule has 0 bridgehead atoms. The molecule has 0 saturated heterocycles. The summed E-state index contributed by atoms with van der Waals surface area (Å²) in [5.41, 5.74) is 0. The maximum absolute atomic E-state index is 5.49. The van der Waals surface area contributed by atoms with Crippen LogP contribution in [0.3, 0.4) is 0 Å². The van der Waals surface area contributed by atoms with E-state index in [1.54, 1.807) is 0 Å². The Morgan fingerprint density at radius 2 is 2.17 bits per heavy atom. The van der Waals surface area contributed by atoms with Crippen molar-refractivity contribution in [2.45, 2.75) is 0 Å². The summed E-state index contributed by atoms with van der Waals surface area (Å²) in [6.07, 6.45) is 1.11. The number of hydrogen-bond donors (Lipinski definition) is 0. The van der Waals surface area contributed by atoms with Gasteiger partial charge < -0.3 is 4.90 Å². The summed E-state index contributed by atoms with van der Waals surface area (Å²) in [6.45, 7) is 0. The van der Waals surface area contributed by atoms with Crippen molar-refractivity contribution in [3.8, 4) is 0 Å². The van der Waals surface area contributed by atoms with Gasteiger partial charge in [-0.15, -0.1) is 0 Å². The van der Waals surface area contributed by atoms with E-state index in [4.69, 9.17) is 11.1 Å². The second-order valence-corrected chi connectivity index (χ2v) is 3.45. The second kappa shape index (κ2) is 3.65. The molecule has 38 valence electrons. The predicted molar refractivity (Wildman–Crippen MR) is 33.0 cm³/mol. The first-order valence-corrected chi connectivity index (χ1v) is 5.12. The standard InChI is InChI=1S/C3H10ClNSi/c1-5(2)3-6-4/h3,6H2,1-2H3. The zero-order chi connectivity index (χ0) is 4.99. The van der Waals surface area contributed by atoms with Crippen molar-refractivity contribution in [3.63, 3.8) is 0 Å². The number of rotatable bonds is 2. The highest BCUT2D eigenvalue weighted by atomic mass is 35.6. The van der Waals surface area contributed by atoms with Gasteiger partial charge in [0.15, 0.2) is 0 Å². The van der Waals surface area contributed by atoms with Gasteiger partial charge in [-0.25, -0.2) is 0 Å². The molecule has 1 nitrogen and oxygen atoms in total. The lowest BCUT2D eigenvalue weighted by Crippen LogP contribution is -2.15. The van der Waals surface area contributed by atoms with E-state index in [1.165, 1.54) is 0 Å². The summed E-state index contributed by atoms with van der Waals surface area (Å²) < 4.78 is 0. The number of halogens is 1. The van der Waals surface area contributed by atoms with E-state index in [0.29, 0.717) is 0 Å².